The molecule has 0 radical (unpaired) electrons. The summed E-state index contributed by atoms with van der Waals surface area (Å²) in [6.07, 6.45) is 0.905. The summed E-state index contributed by atoms with van der Waals surface area (Å²) in [5, 5.41) is 0. The number of nitrogens with zero attached hydrogens (tertiary/aromatic N) is 2. The van der Waals surface area contributed by atoms with Gasteiger partial charge in [-0.25, -0.2) is 0 Å². The Bertz CT molecular complexity index is 244. The highest BCUT2D eigenvalue weighted by Crippen LogP contribution is 1.96. The van der Waals surface area contributed by atoms with E-state index in [4.69, 9.17) is 4.74 Å². The molecule has 5 nitrogen and oxygen atoms in total. The van der Waals surface area contributed by atoms with E-state index in [9.17, 15) is 9.59 Å². The van der Waals surface area contributed by atoms with Gasteiger partial charge in [0.1, 0.15) is 0 Å². The number of esters is 1. The lowest BCUT2D eigenvalue weighted by molar-refractivity contribution is -0.145. The van der Waals surface area contributed by atoms with Crippen molar-refractivity contribution in [3.8, 4) is 0 Å². The first-order valence-electron chi connectivity index (χ1n) is 6.17. The van der Waals surface area contributed by atoms with Gasteiger partial charge in [-0.1, -0.05) is 6.92 Å². The minimum atomic E-state index is -0.270. The summed E-state index contributed by atoms with van der Waals surface area (Å²) in [7, 11) is 1.76. The summed E-state index contributed by atoms with van der Waals surface area (Å²) >= 11 is 0. The summed E-state index contributed by atoms with van der Waals surface area (Å²) in [4.78, 5) is 26.6. The number of carbonyl (C=O) groups is 2. The SMILES string of the molecule is CCCN(CC(=O)OCC)CC(=O)N(C)CC. The fourth-order valence-corrected chi connectivity index (χ4v) is 1.41. The number of ether oxygens (including phenoxy) is 1. The molecular formula is C12H24N2O3. The first kappa shape index (κ1) is 15.9. The molecule has 0 fully saturated rings. The second-order valence-electron chi connectivity index (χ2n) is 3.92. The van der Waals surface area contributed by atoms with Gasteiger partial charge in [-0.15, -0.1) is 0 Å². The van der Waals surface area contributed by atoms with Crippen LogP contribution in [0.1, 0.15) is 27.2 Å². The zero-order chi connectivity index (χ0) is 13.3. The Balaban J connectivity index is 4.23. The monoisotopic (exact) mass is 244 g/mol. The number of rotatable bonds is 8. The third-order valence-electron chi connectivity index (χ3n) is 2.46. The van der Waals surface area contributed by atoms with Crippen LogP contribution in [-0.4, -0.2) is 61.5 Å². The van der Waals surface area contributed by atoms with Gasteiger partial charge >= 0.3 is 5.97 Å². The molecule has 100 valence electrons. The van der Waals surface area contributed by atoms with Gasteiger partial charge in [-0.2, -0.15) is 0 Å². The van der Waals surface area contributed by atoms with Crippen LogP contribution in [0.3, 0.4) is 0 Å². The molecule has 0 unspecified atom stereocenters. The van der Waals surface area contributed by atoms with Crippen molar-refractivity contribution >= 4 is 11.9 Å². The first-order valence-corrected chi connectivity index (χ1v) is 6.17. The van der Waals surface area contributed by atoms with E-state index >= 15 is 0 Å². The highest BCUT2D eigenvalue weighted by Gasteiger charge is 2.16. The van der Waals surface area contributed by atoms with Gasteiger partial charge in [0.25, 0.3) is 0 Å². The maximum absolute atomic E-state index is 11.7. The van der Waals surface area contributed by atoms with Crippen molar-refractivity contribution in [3.05, 3.63) is 0 Å². The normalized spacial score (nSPS) is 10.4. The maximum Gasteiger partial charge on any atom is 0.320 e. The van der Waals surface area contributed by atoms with E-state index in [1.807, 2.05) is 18.7 Å². The van der Waals surface area contributed by atoms with E-state index < -0.39 is 0 Å². The van der Waals surface area contributed by atoms with Crippen LogP contribution in [-0.2, 0) is 14.3 Å². The lowest BCUT2D eigenvalue weighted by atomic mass is 10.3. The van der Waals surface area contributed by atoms with Gasteiger partial charge in [-0.05, 0) is 26.8 Å². The molecule has 0 aliphatic carbocycles. The summed E-state index contributed by atoms with van der Waals surface area (Å²) < 4.78 is 4.88. The second-order valence-corrected chi connectivity index (χ2v) is 3.92. The van der Waals surface area contributed by atoms with E-state index in [1.54, 1.807) is 18.9 Å². The molecule has 0 aliphatic heterocycles. The Morgan fingerprint density at radius 1 is 1.12 bits per heavy atom. The van der Waals surface area contributed by atoms with Gasteiger partial charge < -0.3 is 9.64 Å². The highest BCUT2D eigenvalue weighted by molar-refractivity contribution is 5.79. The van der Waals surface area contributed by atoms with Gasteiger partial charge in [0.15, 0.2) is 0 Å². The Labute approximate surface area is 104 Å². The number of amides is 1. The van der Waals surface area contributed by atoms with Crippen molar-refractivity contribution in [2.24, 2.45) is 0 Å². The Hall–Kier alpha value is -1.10. The summed E-state index contributed by atoms with van der Waals surface area (Å²) in [5.74, 6) is -0.238. The molecule has 0 aromatic rings. The Kier molecular flexibility index (Phi) is 8.40. The molecule has 0 heterocycles. The number of carbonyl (C=O) groups excluding carboxylic acids is 2. The Morgan fingerprint density at radius 2 is 1.76 bits per heavy atom. The minimum Gasteiger partial charge on any atom is -0.465 e. The molecule has 0 aromatic carbocycles. The Morgan fingerprint density at radius 3 is 2.24 bits per heavy atom. The van der Waals surface area contributed by atoms with E-state index in [0.717, 1.165) is 13.0 Å². The van der Waals surface area contributed by atoms with Gasteiger partial charge in [-0.3, -0.25) is 14.5 Å². The first-order chi connectivity index (χ1) is 8.04. The number of hydrogen-bond acceptors (Lipinski definition) is 4. The van der Waals surface area contributed by atoms with Crippen molar-refractivity contribution in [2.75, 3.05) is 39.8 Å². The van der Waals surface area contributed by atoms with Crippen molar-refractivity contribution in [1.29, 1.82) is 0 Å². The van der Waals surface area contributed by atoms with E-state index in [2.05, 4.69) is 0 Å². The standard InChI is InChI=1S/C12H24N2O3/c1-5-8-14(10-12(16)17-7-3)9-11(15)13(4)6-2/h5-10H2,1-4H3. The molecule has 0 atom stereocenters. The summed E-state index contributed by atoms with van der Waals surface area (Å²) in [6.45, 7) is 7.96. The van der Waals surface area contributed by atoms with E-state index in [0.29, 0.717) is 13.2 Å². The quantitative estimate of drug-likeness (QED) is 0.591. The lowest BCUT2D eigenvalue weighted by Gasteiger charge is -2.23. The molecule has 1 amide bonds. The third-order valence-corrected chi connectivity index (χ3v) is 2.46. The van der Waals surface area contributed by atoms with Crippen LogP contribution >= 0.6 is 0 Å². The van der Waals surface area contributed by atoms with Crippen molar-refractivity contribution < 1.29 is 14.3 Å². The molecule has 17 heavy (non-hydrogen) atoms. The minimum absolute atomic E-state index is 0.0326. The molecule has 5 heteroatoms. The molecule has 0 aliphatic rings. The van der Waals surface area contributed by atoms with Crippen LogP contribution in [0.2, 0.25) is 0 Å². The predicted molar refractivity (Wildman–Crippen MR) is 66.7 cm³/mol. The molecular weight excluding hydrogens is 220 g/mol. The largest absolute Gasteiger partial charge is 0.465 e. The van der Waals surface area contributed by atoms with E-state index in [-0.39, 0.29) is 25.0 Å². The second kappa shape index (κ2) is 8.98. The van der Waals surface area contributed by atoms with Gasteiger partial charge in [0.05, 0.1) is 19.7 Å². The van der Waals surface area contributed by atoms with Crippen molar-refractivity contribution in [2.45, 2.75) is 27.2 Å². The molecule has 0 rings (SSSR count). The zero-order valence-electron chi connectivity index (χ0n) is 11.4. The lowest BCUT2D eigenvalue weighted by Crippen LogP contribution is -2.41. The maximum atomic E-state index is 11.7. The highest BCUT2D eigenvalue weighted by atomic mass is 16.5. The smallest absolute Gasteiger partial charge is 0.320 e. The summed E-state index contributed by atoms with van der Waals surface area (Å²) in [6, 6.07) is 0. The molecule has 0 saturated carbocycles. The van der Waals surface area contributed by atoms with Gasteiger partial charge in [0.2, 0.25) is 5.91 Å². The number of likely N-dealkylation sites (N-methyl/N-ethyl adjacent to an activating group) is 1. The zero-order valence-corrected chi connectivity index (χ0v) is 11.4. The van der Waals surface area contributed by atoms with Crippen LogP contribution in [0.15, 0.2) is 0 Å². The fourth-order valence-electron chi connectivity index (χ4n) is 1.41. The van der Waals surface area contributed by atoms with Crippen molar-refractivity contribution in [3.63, 3.8) is 0 Å². The van der Waals surface area contributed by atoms with Crippen LogP contribution in [0.25, 0.3) is 0 Å². The molecule has 0 aromatic heterocycles. The average Bonchev–Trinajstić information content (AvgIpc) is 2.28. The topological polar surface area (TPSA) is 49.9 Å². The molecule has 0 saturated heterocycles. The third kappa shape index (κ3) is 6.94. The predicted octanol–water partition coefficient (Wildman–Crippen LogP) is 0.740. The van der Waals surface area contributed by atoms with Crippen LogP contribution < -0.4 is 0 Å². The van der Waals surface area contributed by atoms with Crippen molar-refractivity contribution in [1.82, 2.24) is 9.80 Å². The fraction of sp³-hybridized carbons (Fsp3) is 0.833. The molecule has 0 bridgehead atoms. The number of hydrogen-bond donors (Lipinski definition) is 0. The van der Waals surface area contributed by atoms with E-state index in [1.165, 1.54) is 0 Å². The molecule has 0 spiro atoms. The van der Waals surface area contributed by atoms with Crippen LogP contribution in [0.5, 0.6) is 0 Å². The summed E-state index contributed by atoms with van der Waals surface area (Å²) in [5.41, 5.74) is 0. The van der Waals surface area contributed by atoms with Crippen LogP contribution in [0, 0.1) is 0 Å². The molecule has 0 N–H and O–H groups in total. The average molecular weight is 244 g/mol. The van der Waals surface area contributed by atoms with Crippen LogP contribution in [0.4, 0.5) is 0 Å². The van der Waals surface area contributed by atoms with Gasteiger partial charge in [0, 0.05) is 13.6 Å².